The molecule has 0 aromatic heterocycles. The summed E-state index contributed by atoms with van der Waals surface area (Å²) in [6.45, 7) is 0.365. The summed E-state index contributed by atoms with van der Waals surface area (Å²) >= 11 is 0. The molecule has 1 amide bonds. The minimum atomic E-state index is -0.603. The molecule has 0 aliphatic heterocycles. The average molecular weight is 315 g/mol. The fourth-order valence-electron chi connectivity index (χ4n) is 2.25. The van der Waals surface area contributed by atoms with E-state index in [1.165, 1.54) is 7.11 Å². The van der Waals surface area contributed by atoms with Crippen LogP contribution in [0.25, 0.3) is 0 Å². The first-order valence-corrected chi connectivity index (χ1v) is 7.39. The van der Waals surface area contributed by atoms with Crippen LogP contribution < -0.4 is 14.8 Å². The van der Waals surface area contributed by atoms with Gasteiger partial charge in [-0.3, -0.25) is 4.79 Å². The van der Waals surface area contributed by atoms with Crippen LogP contribution in [0.2, 0.25) is 0 Å². The first kappa shape index (κ1) is 16.8. The number of carbonyl (C=O) groups excluding carboxylic acids is 1. The first-order chi connectivity index (χ1) is 11.2. The summed E-state index contributed by atoms with van der Waals surface area (Å²) in [7, 11) is 3.06. The zero-order valence-corrected chi connectivity index (χ0v) is 13.3. The van der Waals surface area contributed by atoms with E-state index in [-0.39, 0.29) is 5.91 Å². The summed E-state index contributed by atoms with van der Waals surface area (Å²) < 4.78 is 10.3. The Balaban J connectivity index is 1.92. The van der Waals surface area contributed by atoms with Crippen LogP contribution in [0.5, 0.6) is 11.5 Å². The molecular formula is C18H21NO4. The zero-order chi connectivity index (χ0) is 16.7. The average Bonchev–Trinajstić information content (AvgIpc) is 2.61. The summed E-state index contributed by atoms with van der Waals surface area (Å²) in [5, 5.41) is 12.9. The van der Waals surface area contributed by atoms with E-state index in [9.17, 15) is 9.90 Å². The molecule has 1 unspecified atom stereocenters. The van der Waals surface area contributed by atoms with Gasteiger partial charge >= 0.3 is 0 Å². The van der Waals surface area contributed by atoms with Crippen LogP contribution in [0.15, 0.2) is 48.5 Å². The van der Waals surface area contributed by atoms with Crippen molar-refractivity contribution in [1.29, 1.82) is 0 Å². The maximum Gasteiger partial charge on any atom is 0.255 e. The van der Waals surface area contributed by atoms with Gasteiger partial charge in [-0.05, 0) is 24.1 Å². The monoisotopic (exact) mass is 315 g/mol. The molecule has 0 saturated carbocycles. The molecule has 0 fully saturated rings. The number of benzene rings is 2. The van der Waals surface area contributed by atoms with E-state index in [0.717, 1.165) is 5.56 Å². The largest absolute Gasteiger partial charge is 0.497 e. The van der Waals surface area contributed by atoms with Gasteiger partial charge in [-0.1, -0.05) is 30.3 Å². The molecule has 5 nitrogen and oxygen atoms in total. The molecule has 23 heavy (non-hydrogen) atoms. The molecule has 2 N–H and O–H groups in total. The lowest BCUT2D eigenvalue weighted by molar-refractivity contribution is 0.0939. The van der Waals surface area contributed by atoms with E-state index in [2.05, 4.69) is 5.32 Å². The molecule has 2 rings (SSSR count). The minimum Gasteiger partial charge on any atom is -0.497 e. The molecule has 0 spiro atoms. The first-order valence-electron chi connectivity index (χ1n) is 7.39. The predicted octanol–water partition coefficient (Wildman–Crippen LogP) is 2.56. The highest BCUT2D eigenvalue weighted by Gasteiger charge is 2.14. The number of amides is 1. The van der Waals surface area contributed by atoms with Crippen molar-refractivity contribution in [2.75, 3.05) is 20.8 Å². The number of ether oxygens (including phenoxy) is 2. The van der Waals surface area contributed by atoms with Crippen LogP contribution in [0.3, 0.4) is 0 Å². The van der Waals surface area contributed by atoms with Crippen LogP contribution in [-0.2, 0) is 0 Å². The van der Waals surface area contributed by atoms with Crippen LogP contribution >= 0.6 is 0 Å². The topological polar surface area (TPSA) is 67.8 Å². The summed E-state index contributed by atoms with van der Waals surface area (Å²) in [4.78, 5) is 12.2. The molecule has 1 atom stereocenters. The van der Waals surface area contributed by atoms with Gasteiger partial charge in [0.1, 0.15) is 11.5 Å². The second-order valence-corrected chi connectivity index (χ2v) is 5.04. The zero-order valence-electron chi connectivity index (χ0n) is 13.3. The molecule has 2 aromatic carbocycles. The van der Waals surface area contributed by atoms with Crippen LogP contribution in [0, 0.1) is 0 Å². The lowest BCUT2D eigenvalue weighted by atomic mass is 10.1. The third-order valence-electron chi connectivity index (χ3n) is 3.54. The van der Waals surface area contributed by atoms with Crippen molar-refractivity contribution in [2.24, 2.45) is 0 Å². The number of aliphatic hydroxyl groups excluding tert-OH is 1. The number of hydrogen-bond donors (Lipinski definition) is 2. The summed E-state index contributed by atoms with van der Waals surface area (Å²) in [5.41, 5.74) is 1.27. The molecule has 5 heteroatoms. The van der Waals surface area contributed by atoms with E-state index in [1.807, 2.05) is 30.3 Å². The second-order valence-electron chi connectivity index (χ2n) is 5.04. The van der Waals surface area contributed by atoms with Crippen molar-refractivity contribution in [1.82, 2.24) is 5.32 Å². The maximum atomic E-state index is 12.2. The van der Waals surface area contributed by atoms with E-state index in [0.29, 0.717) is 30.0 Å². The number of nitrogens with one attached hydrogen (secondary N) is 1. The summed E-state index contributed by atoms with van der Waals surface area (Å²) in [6, 6.07) is 14.4. The predicted molar refractivity (Wildman–Crippen MR) is 87.9 cm³/mol. The molecule has 2 aromatic rings. The fourth-order valence-corrected chi connectivity index (χ4v) is 2.25. The van der Waals surface area contributed by atoms with Crippen molar-refractivity contribution in [3.8, 4) is 11.5 Å². The molecule has 0 aliphatic rings. The van der Waals surface area contributed by atoms with Crippen molar-refractivity contribution in [3.05, 3.63) is 59.7 Å². The van der Waals surface area contributed by atoms with E-state index < -0.39 is 6.10 Å². The fraction of sp³-hybridized carbons (Fsp3) is 0.278. The Kier molecular flexibility index (Phi) is 6.00. The molecule has 0 aliphatic carbocycles. The summed E-state index contributed by atoms with van der Waals surface area (Å²) in [6.07, 6.45) is -0.164. The highest BCUT2D eigenvalue weighted by Crippen LogP contribution is 2.24. The Hall–Kier alpha value is -2.53. The normalized spacial score (nSPS) is 11.6. The molecule has 122 valence electrons. The van der Waals surface area contributed by atoms with Gasteiger partial charge in [0, 0.05) is 12.6 Å². The van der Waals surface area contributed by atoms with Crippen molar-refractivity contribution < 1.29 is 19.4 Å². The number of aliphatic hydroxyl groups is 1. The Labute approximate surface area is 135 Å². The Morgan fingerprint density at radius 1 is 1.13 bits per heavy atom. The Morgan fingerprint density at radius 2 is 1.87 bits per heavy atom. The maximum absolute atomic E-state index is 12.2. The Bertz CT molecular complexity index is 643. The molecule has 0 radical (unpaired) electrons. The number of rotatable bonds is 7. The Morgan fingerprint density at radius 3 is 2.52 bits per heavy atom. The van der Waals surface area contributed by atoms with E-state index >= 15 is 0 Å². The van der Waals surface area contributed by atoms with Crippen molar-refractivity contribution in [3.63, 3.8) is 0 Å². The summed E-state index contributed by atoms with van der Waals surface area (Å²) in [5.74, 6) is 0.827. The highest BCUT2D eigenvalue weighted by atomic mass is 16.5. The lowest BCUT2D eigenvalue weighted by Gasteiger charge is -2.13. The van der Waals surface area contributed by atoms with Crippen LogP contribution in [-0.4, -0.2) is 31.8 Å². The third kappa shape index (κ3) is 4.47. The smallest absolute Gasteiger partial charge is 0.255 e. The van der Waals surface area contributed by atoms with Gasteiger partial charge in [0.2, 0.25) is 0 Å². The van der Waals surface area contributed by atoms with Gasteiger partial charge in [-0.2, -0.15) is 0 Å². The van der Waals surface area contributed by atoms with E-state index in [1.54, 1.807) is 25.3 Å². The van der Waals surface area contributed by atoms with Crippen LogP contribution in [0.4, 0.5) is 0 Å². The van der Waals surface area contributed by atoms with Crippen molar-refractivity contribution >= 4 is 5.91 Å². The lowest BCUT2D eigenvalue weighted by Crippen LogP contribution is -2.26. The van der Waals surface area contributed by atoms with Crippen LogP contribution in [0.1, 0.15) is 28.4 Å². The van der Waals surface area contributed by atoms with Gasteiger partial charge in [-0.25, -0.2) is 0 Å². The van der Waals surface area contributed by atoms with Gasteiger partial charge in [-0.15, -0.1) is 0 Å². The quantitative estimate of drug-likeness (QED) is 0.824. The van der Waals surface area contributed by atoms with Gasteiger partial charge in [0.25, 0.3) is 5.91 Å². The SMILES string of the molecule is COc1ccc(C(=O)NCCC(O)c2ccccc2)c(OC)c1. The molecule has 0 saturated heterocycles. The standard InChI is InChI=1S/C18H21NO4/c1-22-14-8-9-15(17(12-14)23-2)18(21)19-11-10-16(20)13-6-4-3-5-7-13/h3-9,12,16,20H,10-11H2,1-2H3,(H,19,21). The van der Waals surface area contributed by atoms with Crippen molar-refractivity contribution in [2.45, 2.75) is 12.5 Å². The van der Waals surface area contributed by atoms with E-state index in [4.69, 9.17) is 9.47 Å². The van der Waals surface area contributed by atoms with Gasteiger partial charge in [0.05, 0.1) is 25.9 Å². The molecule has 0 bridgehead atoms. The second kappa shape index (κ2) is 8.19. The number of hydrogen-bond acceptors (Lipinski definition) is 4. The third-order valence-corrected chi connectivity index (χ3v) is 3.54. The highest BCUT2D eigenvalue weighted by molar-refractivity contribution is 5.97. The number of carbonyl (C=O) groups is 1. The number of methoxy groups -OCH3 is 2. The van der Waals surface area contributed by atoms with Gasteiger partial charge < -0.3 is 19.9 Å². The minimum absolute atomic E-state index is 0.246. The molecular weight excluding hydrogens is 294 g/mol. The molecule has 0 heterocycles. The van der Waals surface area contributed by atoms with Gasteiger partial charge in [0.15, 0.2) is 0 Å².